The molecule has 0 atom stereocenters. The lowest BCUT2D eigenvalue weighted by Gasteiger charge is -2.08. The molecule has 110 valence electrons. The third kappa shape index (κ3) is 2.69. The monoisotopic (exact) mass is 309 g/mol. The Labute approximate surface area is 115 Å². The molecule has 1 aliphatic heterocycles. The van der Waals surface area contributed by atoms with Crippen LogP contribution in [-0.2, 0) is 10.9 Å². The predicted octanol–water partition coefficient (Wildman–Crippen LogP) is 1.87. The van der Waals surface area contributed by atoms with Gasteiger partial charge in [0, 0.05) is 13.1 Å². The Morgan fingerprint density at radius 3 is 2.75 bits per heavy atom. The van der Waals surface area contributed by atoms with Crippen LogP contribution >= 0.6 is 11.3 Å². The lowest BCUT2D eigenvalue weighted by molar-refractivity contribution is -0.141. The number of nitrogens with zero attached hydrogens (tertiary/aromatic N) is 2. The summed E-state index contributed by atoms with van der Waals surface area (Å²) in [7, 11) is 0. The fourth-order valence-electron chi connectivity index (χ4n) is 1.61. The zero-order chi connectivity index (χ0) is 14.9. The average molecular weight is 309 g/mol. The first kappa shape index (κ1) is 14.6. The van der Waals surface area contributed by atoms with Gasteiger partial charge in [-0.1, -0.05) is 11.3 Å². The molecule has 1 saturated heterocycles. The first-order valence-corrected chi connectivity index (χ1v) is 6.46. The van der Waals surface area contributed by atoms with Gasteiger partial charge >= 0.3 is 18.2 Å². The molecule has 0 radical (unpaired) electrons. The van der Waals surface area contributed by atoms with Gasteiger partial charge < -0.3 is 10.1 Å². The van der Waals surface area contributed by atoms with Gasteiger partial charge in [-0.3, -0.25) is 4.90 Å². The van der Waals surface area contributed by atoms with Crippen molar-refractivity contribution in [3.8, 4) is 0 Å². The molecule has 0 unspecified atom stereocenters. The lowest BCUT2D eigenvalue weighted by Crippen LogP contribution is -2.27. The number of esters is 1. The Hall–Kier alpha value is -1.84. The van der Waals surface area contributed by atoms with Crippen molar-refractivity contribution >= 4 is 28.5 Å². The number of alkyl halides is 3. The quantitative estimate of drug-likeness (QED) is 0.865. The second-order valence-corrected chi connectivity index (χ2v) is 4.75. The van der Waals surface area contributed by atoms with Crippen molar-refractivity contribution in [3.63, 3.8) is 0 Å². The van der Waals surface area contributed by atoms with Crippen LogP contribution < -0.4 is 10.2 Å². The summed E-state index contributed by atoms with van der Waals surface area (Å²) < 4.78 is 43.2. The second kappa shape index (κ2) is 5.27. The third-order valence-corrected chi connectivity index (χ3v) is 3.49. The number of amides is 2. The van der Waals surface area contributed by atoms with Crippen molar-refractivity contribution in [1.29, 1.82) is 0 Å². The maximum Gasteiger partial charge on any atom is 0.435 e. The molecule has 1 aromatic heterocycles. The molecular weight excluding hydrogens is 299 g/mol. The number of anilines is 1. The van der Waals surface area contributed by atoms with Gasteiger partial charge in [-0.2, -0.15) is 13.2 Å². The second-order valence-electron chi connectivity index (χ2n) is 3.78. The van der Waals surface area contributed by atoms with Crippen LogP contribution in [0.5, 0.6) is 0 Å². The molecule has 2 heterocycles. The van der Waals surface area contributed by atoms with Crippen molar-refractivity contribution < 1.29 is 27.5 Å². The van der Waals surface area contributed by atoms with Crippen LogP contribution in [0.15, 0.2) is 0 Å². The number of carbonyl (C=O) groups excluding carboxylic acids is 2. The van der Waals surface area contributed by atoms with Crippen molar-refractivity contribution in [2.75, 3.05) is 24.6 Å². The average Bonchev–Trinajstić information content (AvgIpc) is 2.94. The minimum atomic E-state index is -4.78. The fraction of sp³-hybridized carbons (Fsp3) is 0.500. The molecular formula is C10H10F3N3O3S. The van der Waals surface area contributed by atoms with Gasteiger partial charge in [-0.25, -0.2) is 14.6 Å². The molecule has 0 aliphatic carbocycles. The largest absolute Gasteiger partial charge is 0.462 e. The van der Waals surface area contributed by atoms with Gasteiger partial charge in [-0.15, -0.1) is 0 Å². The summed E-state index contributed by atoms with van der Waals surface area (Å²) in [4.78, 5) is 26.8. The SMILES string of the molecule is CCOC(=O)c1sc(N2CCNC2=O)nc1C(F)(F)F. The summed E-state index contributed by atoms with van der Waals surface area (Å²) in [6.45, 7) is 1.95. The smallest absolute Gasteiger partial charge is 0.435 e. The Kier molecular flexibility index (Phi) is 3.84. The van der Waals surface area contributed by atoms with Crippen LogP contribution in [0.25, 0.3) is 0 Å². The van der Waals surface area contributed by atoms with Crippen LogP contribution in [0.1, 0.15) is 22.3 Å². The molecule has 0 aromatic carbocycles. The molecule has 6 nitrogen and oxygen atoms in total. The Morgan fingerprint density at radius 2 is 2.25 bits per heavy atom. The molecule has 1 fully saturated rings. The molecule has 1 aromatic rings. The van der Waals surface area contributed by atoms with E-state index < -0.39 is 28.7 Å². The van der Waals surface area contributed by atoms with Gasteiger partial charge in [-0.05, 0) is 6.92 Å². The molecule has 2 amide bonds. The van der Waals surface area contributed by atoms with E-state index in [9.17, 15) is 22.8 Å². The van der Waals surface area contributed by atoms with Crippen LogP contribution in [0.3, 0.4) is 0 Å². The Bertz CT molecular complexity index is 544. The van der Waals surface area contributed by atoms with E-state index >= 15 is 0 Å². The van der Waals surface area contributed by atoms with Crippen molar-refractivity contribution in [2.45, 2.75) is 13.1 Å². The van der Waals surface area contributed by atoms with Crippen molar-refractivity contribution in [3.05, 3.63) is 10.6 Å². The maximum atomic E-state index is 12.9. The summed E-state index contributed by atoms with van der Waals surface area (Å²) in [5.41, 5.74) is -1.32. The van der Waals surface area contributed by atoms with Crippen LogP contribution in [-0.4, -0.2) is 36.7 Å². The van der Waals surface area contributed by atoms with E-state index in [1.165, 1.54) is 6.92 Å². The van der Waals surface area contributed by atoms with Gasteiger partial charge in [0.1, 0.15) is 4.88 Å². The summed E-state index contributed by atoms with van der Waals surface area (Å²) in [6.07, 6.45) is -4.78. The van der Waals surface area contributed by atoms with Crippen LogP contribution in [0.4, 0.5) is 23.1 Å². The highest BCUT2D eigenvalue weighted by molar-refractivity contribution is 7.17. The third-order valence-electron chi connectivity index (χ3n) is 2.43. The van der Waals surface area contributed by atoms with Gasteiger partial charge in [0.2, 0.25) is 0 Å². The fourth-order valence-corrected chi connectivity index (χ4v) is 2.61. The summed E-state index contributed by atoms with van der Waals surface area (Å²) >= 11 is 0.495. The first-order chi connectivity index (χ1) is 9.34. The van der Waals surface area contributed by atoms with Gasteiger partial charge in [0.05, 0.1) is 6.61 Å². The van der Waals surface area contributed by atoms with E-state index in [1.54, 1.807) is 0 Å². The summed E-state index contributed by atoms with van der Waals surface area (Å²) in [5, 5.41) is 2.28. The first-order valence-electron chi connectivity index (χ1n) is 5.65. The number of ether oxygens (including phenoxy) is 1. The predicted molar refractivity (Wildman–Crippen MR) is 63.8 cm³/mol. The molecule has 2 rings (SSSR count). The normalized spacial score (nSPS) is 15.4. The highest BCUT2D eigenvalue weighted by Crippen LogP contribution is 2.38. The van der Waals surface area contributed by atoms with Gasteiger partial charge in [0.15, 0.2) is 10.8 Å². The molecule has 20 heavy (non-hydrogen) atoms. The number of aromatic nitrogens is 1. The number of hydrogen-bond acceptors (Lipinski definition) is 5. The molecule has 0 bridgehead atoms. The van der Waals surface area contributed by atoms with E-state index in [-0.39, 0.29) is 18.3 Å². The number of carbonyl (C=O) groups is 2. The van der Waals surface area contributed by atoms with E-state index in [2.05, 4.69) is 15.0 Å². The zero-order valence-corrected chi connectivity index (χ0v) is 11.1. The highest BCUT2D eigenvalue weighted by atomic mass is 32.1. The number of hydrogen-bond donors (Lipinski definition) is 1. The number of halogens is 3. The van der Waals surface area contributed by atoms with E-state index in [1.807, 2.05) is 0 Å². The maximum absolute atomic E-state index is 12.9. The molecule has 1 N–H and O–H groups in total. The minimum Gasteiger partial charge on any atom is -0.462 e. The van der Waals surface area contributed by atoms with Gasteiger partial charge in [0.25, 0.3) is 0 Å². The van der Waals surface area contributed by atoms with Crippen LogP contribution in [0, 0.1) is 0 Å². The molecule has 0 saturated carbocycles. The number of nitrogens with one attached hydrogen (secondary N) is 1. The number of urea groups is 1. The lowest BCUT2D eigenvalue weighted by atomic mass is 10.3. The topological polar surface area (TPSA) is 71.5 Å². The van der Waals surface area contributed by atoms with Crippen molar-refractivity contribution in [2.24, 2.45) is 0 Å². The van der Waals surface area contributed by atoms with Crippen LogP contribution in [0.2, 0.25) is 0 Å². The molecule has 1 aliphatic rings. The molecule has 0 spiro atoms. The minimum absolute atomic E-state index is 0.0481. The van der Waals surface area contributed by atoms with E-state index in [0.717, 1.165) is 4.90 Å². The number of thiazole rings is 1. The van der Waals surface area contributed by atoms with E-state index in [0.29, 0.717) is 17.9 Å². The van der Waals surface area contributed by atoms with Crippen molar-refractivity contribution in [1.82, 2.24) is 10.3 Å². The highest BCUT2D eigenvalue weighted by Gasteiger charge is 2.41. The molecule has 10 heteroatoms. The summed E-state index contributed by atoms with van der Waals surface area (Å²) in [6, 6.07) is -0.539. The Balaban J connectivity index is 2.41. The zero-order valence-electron chi connectivity index (χ0n) is 10.3. The standard InChI is InChI=1S/C10H10F3N3O3S/c1-2-19-7(17)5-6(10(11,12)13)15-9(20-5)16-4-3-14-8(16)18/h2-4H2,1H3,(H,14,18). The van der Waals surface area contributed by atoms with E-state index in [4.69, 9.17) is 0 Å². The Morgan fingerprint density at radius 1 is 1.55 bits per heavy atom. The summed E-state index contributed by atoms with van der Waals surface area (Å²) in [5.74, 6) is -1.09. The number of rotatable bonds is 3.